The Morgan fingerprint density at radius 1 is 1.25 bits per heavy atom. The van der Waals surface area contributed by atoms with E-state index >= 15 is 0 Å². The Hall–Kier alpha value is -1.39. The number of benzene rings is 1. The lowest BCUT2D eigenvalue weighted by molar-refractivity contribution is 0.629. The van der Waals surface area contributed by atoms with Crippen LogP contribution in [-0.2, 0) is 0 Å². The summed E-state index contributed by atoms with van der Waals surface area (Å²) < 4.78 is 13.7. The molecule has 0 N–H and O–H groups in total. The summed E-state index contributed by atoms with van der Waals surface area (Å²) >= 11 is 6.99. The van der Waals surface area contributed by atoms with Gasteiger partial charge < -0.3 is 4.42 Å². The van der Waals surface area contributed by atoms with Gasteiger partial charge in [-0.25, -0.2) is 0 Å². The maximum Gasteiger partial charge on any atom is 0.174 e. The van der Waals surface area contributed by atoms with E-state index in [4.69, 9.17) is 16.0 Å². The van der Waals surface area contributed by atoms with Gasteiger partial charge in [-0.05, 0) is 25.1 Å². The highest BCUT2D eigenvalue weighted by Crippen LogP contribution is 2.31. The van der Waals surface area contributed by atoms with Crippen molar-refractivity contribution >= 4 is 34.3 Å². The van der Waals surface area contributed by atoms with Crippen LogP contribution < -0.4 is 0 Å². The van der Waals surface area contributed by atoms with Crippen LogP contribution in [0.15, 0.2) is 28.7 Å². The van der Waals surface area contributed by atoms with Crippen molar-refractivity contribution in [3.05, 3.63) is 35.0 Å². The van der Waals surface area contributed by atoms with Crippen molar-refractivity contribution in [3.8, 4) is 11.5 Å². The maximum absolute atomic E-state index is 5.91. The van der Waals surface area contributed by atoms with E-state index < -0.39 is 0 Å². The third-order valence-electron chi connectivity index (χ3n) is 2.35. The molecular weight excluding hydrogens is 244 g/mol. The van der Waals surface area contributed by atoms with Crippen molar-refractivity contribution in [2.24, 2.45) is 0 Å². The molecule has 80 valence electrons. The van der Waals surface area contributed by atoms with Gasteiger partial charge in [-0.2, -0.15) is 8.75 Å². The van der Waals surface area contributed by atoms with E-state index in [2.05, 4.69) is 14.8 Å². The Kier molecular flexibility index (Phi) is 2.19. The summed E-state index contributed by atoms with van der Waals surface area (Å²) in [5, 5.41) is 1.44. The van der Waals surface area contributed by atoms with Gasteiger partial charge in [-0.3, -0.25) is 0 Å². The molecule has 16 heavy (non-hydrogen) atoms. The van der Waals surface area contributed by atoms with Gasteiger partial charge in [0.05, 0.1) is 11.7 Å². The van der Waals surface area contributed by atoms with Crippen molar-refractivity contribution in [3.63, 3.8) is 0 Å². The van der Waals surface area contributed by atoms with Gasteiger partial charge >= 0.3 is 0 Å². The number of aryl methyl sites for hydroxylation is 1. The lowest BCUT2D eigenvalue weighted by Crippen LogP contribution is -1.71. The molecule has 2 aromatic heterocycles. The van der Waals surface area contributed by atoms with Crippen molar-refractivity contribution in [2.45, 2.75) is 6.92 Å². The van der Waals surface area contributed by atoms with Gasteiger partial charge in [-0.15, -0.1) is 0 Å². The number of furan rings is 1. The highest BCUT2D eigenvalue weighted by atomic mass is 35.5. The summed E-state index contributed by atoms with van der Waals surface area (Å²) in [5.41, 5.74) is 2.65. The Morgan fingerprint density at radius 3 is 2.88 bits per heavy atom. The predicted molar refractivity (Wildman–Crippen MR) is 64.9 cm³/mol. The molecule has 0 saturated heterocycles. The van der Waals surface area contributed by atoms with Crippen LogP contribution in [0.2, 0.25) is 5.15 Å². The second kappa shape index (κ2) is 3.57. The third-order valence-corrected chi connectivity index (χ3v) is 3.25. The third kappa shape index (κ3) is 1.50. The number of halogens is 1. The molecule has 3 rings (SSSR count). The summed E-state index contributed by atoms with van der Waals surface area (Å²) in [5.74, 6) is 0.666. The number of hydrogen-bond acceptors (Lipinski definition) is 4. The van der Waals surface area contributed by atoms with Crippen LogP contribution in [0.1, 0.15) is 5.56 Å². The molecule has 3 aromatic rings. The molecule has 0 aliphatic rings. The number of fused-ring (bicyclic) bond motifs is 1. The molecule has 0 fully saturated rings. The van der Waals surface area contributed by atoms with Gasteiger partial charge in [0, 0.05) is 5.39 Å². The largest absolute Gasteiger partial charge is 0.454 e. The summed E-state index contributed by atoms with van der Waals surface area (Å²) in [7, 11) is 0. The topological polar surface area (TPSA) is 38.9 Å². The molecule has 0 aliphatic heterocycles. The fraction of sp³-hybridized carbons (Fsp3) is 0.0909. The van der Waals surface area contributed by atoms with Crippen LogP contribution in [-0.4, -0.2) is 8.75 Å². The normalized spacial score (nSPS) is 11.1. The molecule has 0 radical (unpaired) electrons. The Balaban J connectivity index is 2.23. The van der Waals surface area contributed by atoms with E-state index in [-0.39, 0.29) is 0 Å². The molecule has 0 atom stereocenters. The summed E-state index contributed by atoms with van der Waals surface area (Å²) in [6, 6.07) is 7.96. The molecule has 0 spiro atoms. The maximum atomic E-state index is 5.91. The van der Waals surface area contributed by atoms with Crippen LogP contribution >= 0.6 is 23.3 Å². The van der Waals surface area contributed by atoms with Crippen molar-refractivity contribution in [1.82, 2.24) is 8.75 Å². The van der Waals surface area contributed by atoms with Crippen LogP contribution in [0.4, 0.5) is 0 Å². The minimum absolute atomic E-state index is 0.390. The van der Waals surface area contributed by atoms with Crippen molar-refractivity contribution < 1.29 is 4.42 Å². The second-order valence-corrected chi connectivity index (χ2v) is 4.44. The fourth-order valence-electron chi connectivity index (χ4n) is 1.60. The van der Waals surface area contributed by atoms with Crippen LogP contribution in [0.3, 0.4) is 0 Å². The first-order valence-electron chi connectivity index (χ1n) is 4.72. The quantitative estimate of drug-likeness (QED) is 0.657. The van der Waals surface area contributed by atoms with Crippen molar-refractivity contribution in [1.29, 1.82) is 0 Å². The van der Waals surface area contributed by atoms with Gasteiger partial charge in [0.1, 0.15) is 5.58 Å². The number of hydrogen-bond donors (Lipinski definition) is 0. The zero-order valence-corrected chi connectivity index (χ0v) is 9.97. The lowest BCUT2D eigenvalue weighted by Gasteiger charge is -1.89. The van der Waals surface area contributed by atoms with E-state index in [9.17, 15) is 0 Å². The van der Waals surface area contributed by atoms with Crippen molar-refractivity contribution in [2.75, 3.05) is 0 Å². The smallest absolute Gasteiger partial charge is 0.174 e. The summed E-state index contributed by atoms with van der Waals surface area (Å²) in [4.78, 5) is 0. The average Bonchev–Trinajstić information content (AvgIpc) is 2.82. The highest BCUT2D eigenvalue weighted by molar-refractivity contribution is 6.99. The Bertz CT molecular complexity index is 659. The average molecular weight is 251 g/mol. The van der Waals surface area contributed by atoms with Gasteiger partial charge in [0.15, 0.2) is 16.6 Å². The predicted octanol–water partition coefficient (Wildman–Crippen LogP) is 3.91. The minimum atomic E-state index is 0.390. The summed E-state index contributed by atoms with van der Waals surface area (Å²) in [6.45, 7) is 2.05. The summed E-state index contributed by atoms with van der Waals surface area (Å²) in [6.07, 6.45) is 0. The molecule has 3 nitrogen and oxygen atoms in total. The fourth-order valence-corrected chi connectivity index (χ4v) is 2.34. The second-order valence-electron chi connectivity index (χ2n) is 3.56. The molecular formula is C11H7ClN2OS. The van der Waals surface area contributed by atoms with E-state index in [1.807, 2.05) is 25.1 Å². The standard InChI is InChI=1S/C11H7ClN2OS/c1-6-2-3-8-7(4-6)5-9(15-8)10-11(12)14-16-13-10/h2-5H,1H3. The first kappa shape index (κ1) is 9.81. The number of rotatable bonds is 1. The molecule has 0 bridgehead atoms. The van der Waals surface area contributed by atoms with Gasteiger partial charge in [0.2, 0.25) is 0 Å². The van der Waals surface area contributed by atoms with E-state index in [1.165, 1.54) is 5.56 Å². The first-order valence-corrected chi connectivity index (χ1v) is 5.83. The monoisotopic (exact) mass is 250 g/mol. The molecule has 0 amide bonds. The first-order chi connectivity index (χ1) is 7.74. The molecule has 1 aromatic carbocycles. The molecule has 0 saturated carbocycles. The van der Waals surface area contributed by atoms with Gasteiger partial charge in [0.25, 0.3) is 0 Å². The molecule has 2 heterocycles. The SMILES string of the molecule is Cc1ccc2oc(-c3nsnc3Cl)cc2c1. The molecule has 0 unspecified atom stereocenters. The van der Waals surface area contributed by atoms with Crippen LogP contribution in [0.5, 0.6) is 0 Å². The number of nitrogens with zero attached hydrogens (tertiary/aromatic N) is 2. The van der Waals surface area contributed by atoms with Crippen LogP contribution in [0.25, 0.3) is 22.4 Å². The van der Waals surface area contributed by atoms with E-state index in [0.717, 1.165) is 22.7 Å². The lowest BCUT2D eigenvalue weighted by atomic mass is 10.2. The van der Waals surface area contributed by atoms with E-state index in [0.29, 0.717) is 16.6 Å². The highest BCUT2D eigenvalue weighted by Gasteiger charge is 2.13. The Morgan fingerprint density at radius 2 is 2.12 bits per heavy atom. The number of aromatic nitrogens is 2. The van der Waals surface area contributed by atoms with E-state index in [1.54, 1.807) is 0 Å². The van der Waals surface area contributed by atoms with Crippen LogP contribution in [0, 0.1) is 6.92 Å². The zero-order chi connectivity index (χ0) is 11.1. The molecule has 0 aliphatic carbocycles. The van der Waals surface area contributed by atoms with Gasteiger partial charge in [-0.1, -0.05) is 23.2 Å². The minimum Gasteiger partial charge on any atom is -0.454 e. The Labute approximate surface area is 101 Å². The molecule has 5 heteroatoms. The zero-order valence-electron chi connectivity index (χ0n) is 8.40.